The number of benzene rings is 1. The van der Waals surface area contributed by atoms with Gasteiger partial charge < -0.3 is 24.3 Å². The lowest BCUT2D eigenvalue weighted by Crippen LogP contribution is -2.40. The molecule has 3 heterocycles. The van der Waals surface area contributed by atoms with Crippen molar-refractivity contribution < 1.29 is 14.3 Å². The van der Waals surface area contributed by atoms with E-state index in [1.165, 1.54) is 10.8 Å². The zero-order chi connectivity index (χ0) is 22.5. The van der Waals surface area contributed by atoms with Gasteiger partial charge in [-0.2, -0.15) is 0 Å². The standard InChI is InChI=1S/C24H24N4O4/c1-27-16-20(18-4-2-3-17(13-18)7-10-29)14-21(24(27)31)26-22-6-5-19(15-25-22)23(30)28-8-11-32-12-9-28/h2-6,10,13-16H,7-9,11-12H2,1H3,(H,25,26). The number of aldehydes is 1. The average molecular weight is 432 g/mol. The third-order valence-electron chi connectivity index (χ3n) is 5.33. The van der Waals surface area contributed by atoms with Crippen LogP contribution in [0.1, 0.15) is 15.9 Å². The molecule has 1 aliphatic rings. The number of hydrogen-bond donors (Lipinski definition) is 1. The van der Waals surface area contributed by atoms with Gasteiger partial charge >= 0.3 is 0 Å². The van der Waals surface area contributed by atoms with E-state index in [-0.39, 0.29) is 11.5 Å². The van der Waals surface area contributed by atoms with Crippen LogP contribution in [0.4, 0.5) is 11.5 Å². The molecular formula is C24H24N4O4. The molecule has 8 heteroatoms. The molecule has 32 heavy (non-hydrogen) atoms. The van der Waals surface area contributed by atoms with Crippen molar-refractivity contribution in [2.75, 3.05) is 31.6 Å². The number of amides is 1. The molecule has 0 saturated carbocycles. The first kappa shape index (κ1) is 21.5. The van der Waals surface area contributed by atoms with Crippen molar-refractivity contribution >= 4 is 23.7 Å². The van der Waals surface area contributed by atoms with E-state index in [4.69, 9.17) is 4.74 Å². The number of ether oxygens (including phenoxy) is 1. The van der Waals surface area contributed by atoms with E-state index in [9.17, 15) is 14.4 Å². The summed E-state index contributed by atoms with van der Waals surface area (Å²) in [7, 11) is 1.68. The summed E-state index contributed by atoms with van der Waals surface area (Å²) in [6.07, 6.45) is 4.47. The van der Waals surface area contributed by atoms with Crippen LogP contribution >= 0.6 is 0 Å². The number of aryl methyl sites for hydroxylation is 1. The summed E-state index contributed by atoms with van der Waals surface area (Å²) in [5.74, 6) is 0.382. The number of nitrogens with zero attached hydrogens (tertiary/aromatic N) is 3. The van der Waals surface area contributed by atoms with Gasteiger partial charge in [-0.25, -0.2) is 4.98 Å². The second-order valence-corrected chi connectivity index (χ2v) is 7.59. The van der Waals surface area contributed by atoms with Crippen LogP contribution in [0.2, 0.25) is 0 Å². The van der Waals surface area contributed by atoms with Gasteiger partial charge in [0.15, 0.2) is 0 Å². The second kappa shape index (κ2) is 9.57. The molecule has 2 aromatic heterocycles. The van der Waals surface area contributed by atoms with E-state index in [1.54, 1.807) is 36.3 Å². The smallest absolute Gasteiger partial charge is 0.274 e. The number of carbonyl (C=O) groups excluding carboxylic acids is 2. The number of hydrogen-bond acceptors (Lipinski definition) is 6. The van der Waals surface area contributed by atoms with Gasteiger partial charge in [0.05, 0.1) is 18.8 Å². The van der Waals surface area contributed by atoms with Crippen LogP contribution in [0.3, 0.4) is 0 Å². The van der Waals surface area contributed by atoms with Crippen LogP contribution in [-0.4, -0.2) is 52.9 Å². The molecule has 0 bridgehead atoms. The average Bonchev–Trinajstić information content (AvgIpc) is 2.83. The number of morpholine rings is 1. The fourth-order valence-corrected chi connectivity index (χ4v) is 3.61. The lowest BCUT2D eigenvalue weighted by atomic mass is 10.0. The van der Waals surface area contributed by atoms with Crippen LogP contribution in [0.5, 0.6) is 0 Å². The highest BCUT2D eigenvalue weighted by Gasteiger charge is 2.18. The molecule has 1 amide bonds. The minimum absolute atomic E-state index is 0.0829. The van der Waals surface area contributed by atoms with Gasteiger partial charge in [0.1, 0.15) is 17.8 Å². The SMILES string of the molecule is Cn1cc(-c2cccc(CC=O)c2)cc(Nc2ccc(C(=O)N3CCOCC3)cn2)c1=O. The molecule has 3 aromatic rings. The monoisotopic (exact) mass is 432 g/mol. The number of pyridine rings is 2. The number of rotatable bonds is 6. The molecule has 0 aliphatic carbocycles. The first-order chi connectivity index (χ1) is 15.5. The Morgan fingerprint density at radius 1 is 1.16 bits per heavy atom. The topological polar surface area (TPSA) is 93.5 Å². The number of carbonyl (C=O) groups is 2. The summed E-state index contributed by atoms with van der Waals surface area (Å²) in [5, 5.41) is 3.06. The zero-order valence-corrected chi connectivity index (χ0v) is 17.8. The lowest BCUT2D eigenvalue weighted by molar-refractivity contribution is -0.107. The van der Waals surface area contributed by atoms with Gasteiger partial charge in [-0.3, -0.25) is 9.59 Å². The highest BCUT2D eigenvalue weighted by Crippen LogP contribution is 2.23. The van der Waals surface area contributed by atoms with E-state index in [0.717, 1.165) is 23.0 Å². The lowest BCUT2D eigenvalue weighted by Gasteiger charge is -2.26. The maximum absolute atomic E-state index is 12.7. The van der Waals surface area contributed by atoms with E-state index in [1.807, 2.05) is 24.3 Å². The Hall–Kier alpha value is -3.78. The maximum Gasteiger partial charge on any atom is 0.274 e. The largest absolute Gasteiger partial charge is 0.378 e. The predicted molar refractivity (Wildman–Crippen MR) is 121 cm³/mol. The molecule has 0 spiro atoms. The minimum atomic E-state index is -0.201. The van der Waals surface area contributed by atoms with E-state index < -0.39 is 0 Å². The fraction of sp³-hybridized carbons (Fsp3) is 0.250. The molecule has 1 fully saturated rings. The fourth-order valence-electron chi connectivity index (χ4n) is 3.61. The Morgan fingerprint density at radius 3 is 2.69 bits per heavy atom. The van der Waals surface area contributed by atoms with Crippen molar-refractivity contribution in [3.63, 3.8) is 0 Å². The number of nitrogens with one attached hydrogen (secondary N) is 1. The zero-order valence-electron chi connectivity index (χ0n) is 17.8. The Labute approximate surface area is 185 Å². The molecule has 1 aliphatic heterocycles. The highest BCUT2D eigenvalue weighted by atomic mass is 16.5. The number of aromatic nitrogens is 2. The molecule has 0 radical (unpaired) electrons. The van der Waals surface area contributed by atoms with Crippen LogP contribution in [0, 0.1) is 0 Å². The Kier molecular flexibility index (Phi) is 6.42. The van der Waals surface area contributed by atoms with E-state index in [2.05, 4.69) is 10.3 Å². The van der Waals surface area contributed by atoms with Crippen LogP contribution < -0.4 is 10.9 Å². The van der Waals surface area contributed by atoms with Gasteiger partial charge in [-0.1, -0.05) is 24.3 Å². The minimum Gasteiger partial charge on any atom is -0.378 e. The summed E-state index contributed by atoms with van der Waals surface area (Å²) in [6.45, 7) is 2.21. The van der Waals surface area contributed by atoms with Crippen molar-refractivity contribution in [2.45, 2.75) is 6.42 Å². The van der Waals surface area contributed by atoms with Gasteiger partial charge in [0, 0.05) is 44.5 Å². The second-order valence-electron chi connectivity index (χ2n) is 7.59. The van der Waals surface area contributed by atoms with Crippen molar-refractivity contribution in [2.24, 2.45) is 7.05 Å². The molecular weight excluding hydrogens is 408 g/mol. The summed E-state index contributed by atoms with van der Waals surface area (Å²) in [6, 6.07) is 12.8. The molecule has 8 nitrogen and oxygen atoms in total. The van der Waals surface area contributed by atoms with E-state index in [0.29, 0.717) is 49.8 Å². The quantitative estimate of drug-likeness (QED) is 0.602. The molecule has 1 N–H and O–H groups in total. The third kappa shape index (κ3) is 4.76. The van der Waals surface area contributed by atoms with Gasteiger partial charge in [0.25, 0.3) is 11.5 Å². The van der Waals surface area contributed by atoms with Crippen LogP contribution in [-0.2, 0) is 23.0 Å². The van der Waals surface area contributed by atoms with Crippen LogP contribution in [0.25, 0.3) is 11.1 Å². The van der Waals surface area contributed by atoms with Crippen molar-refractivity contribution in [3.8, 4) is 11.1 Å². The molecule has 0 unspecified atom stereocenters. The predicted octanol–water partition coefficient (Wildman–Crippen LogP) is 2.40. The molecule has 164 valence electrons. The summed E-state index contributed by atoms with van der Waals surface area (Å²) < 4.78 is 6.79. The van der Waals surface area contributed by atoms with Crippen LogP contribution in [0.15, 0.2) is 59.7 Å². The van der Waals surface area contributed by atoms with E-state index >= 15 is 0 Å². The molecule has 4 rings (SSSR count). The van der Waals surface area contributed by atoms with Crippen molar-refractivity contribution in [1.82, 2.24) is 14.5 Å². The summed E-state index contributed by atoms with van der Waals surface area (Å²) >= 11 is 0. The number of anilines is 2. The Bertz CT molecular complexity index is 1180. The maximum atomic E-state index is 12.7. The third-order valence-corrected chi connectivity index (χ3v) is 5.33. The van der Waals surface area contributed by atoms with Gasteiger partial charge in [-0.15, -0.1) is 0 Å². The van der Waals surface area contributed by atoms with Crippen molar-refractivity contribution in [1.29, 1.82) is 0 Å². The van der Waals surface area contributed by atoms with Gasteiger partial charge in [0.2, 0.25) is 0 Å². The summed E-state index contributed by atoms with van der Waals surface area (Å²) in [5.41, 5.74) is 3.30. The van der Waals surface area contributed by atoms with Crippen molar-refractivity contribution in [3.05, 3.63) is 76.3 Å². The first-order valence-corrected chi connectivity index (χ1v) is 10.4. The molecule has 0 atom stereocenters. The van der Waals surface area contributed by atoms with Gasteiger partial charge in [-0.05, 0) is 29.3 Å². The summed E-state index contributed by atoms with van der Waals surface area (Å²) in [4.78, 5) is 42.1. The molecule has 1 aromatic carbocycles. The first-order valence-electron chi connectivity index (χ1n) is 10.4. The Balaban J connectivity index is 1.56. The molecule has 1 saturated heterocycles. The normalized spacial score (nSPS) is 13.6. The Morgan fingerprint density at radius 2 is 1.97 bits per heavy atom. The highest BCUT2D eigenvalue weighted by molar-refractivity contribution is 5.94.